The number of rotatable bonds is 5. The molecule has 0 saturated carbocycles. The first-order valence-electron chi connectivity index (χ1n) is 19.0. The Bertz CT molecular complexity index is 3340. The van der Waals surface area contributed by atoms with Gasteiger partial charge in [-0.3, -0.25) is 0 Å². The van der Waals surface area contributed by atoms with Crippen molar-refractivity contribution in [2.75, 3.05) is 0 Å². The van der Waals surface area contributed by atoms with E-state index >= 15 is 0 Å². The predicted molar refractivity (Wildman–Crippen MR) is 238 cm³/mol. The third-order valence-corrected chi connectivity index (χ3v) is 12.6. The van der Waals surface area contributed by atoms with E-state index in [0.717, 1.165) is 0 Å². The predicted octanol–water partition coefficient (Wildman–Crippen LogP) is 14.9. The average Bonchev–Trinajstić information content (AvgIpc) is 3.89. The van der Waals surface area contributed by atoms with E-state index in [1.807, 2.05) is 11.3 Å². The normalized spacial score (nSPS) is 12.1. The number of aromatic nitrogens is 2. The summed E-state index contributed by atoms with van der Waals surface area (Å²) in [6.45, 7) is 4.32. The van der Waals surface area contributed by atoms with Gasteiger partial charge in [0.15, 0.2) is 0 Å². The van der Waals surface area contributed by atoms with E-state index in [-0.39, 0.29) is 0 Å². The van der Waals surface area contributed by atoms with Crippen molar-refractivity contribution in [1.82, 2.24) is 9.13 Å². The maximum absolute atomic E-state index is 2.48. The van der Waals surface area contributed by atoms with Gasteiger partial charge in [0, 0.05) is 58.7 Å². The zero-order valence-corrected chi connectivity index (χ0v) is 31.4. The van der Waals surface area contributed by atoms with E-state index < -0.39 is 0 Å². The van der Waals surface area contributed by atoms with Crippen LogP contribution in [0.15, 0.2) is 176 Å². The van der Waals surface area contributed by atoms with Gasteiger partial charge in [0.25, 0.3) is 0 Å². The van der Waals surface area contributed by atoms with Gasteiger partial charge in [0.2, 0.25) is 0 Å². The molecular formula is C52H36N2S. The van der Waals surface area contributed by atoms with Crippen LogP contribution in [-0.4, -0.2) is 9.13 Å². The molecule has 0 aliphatic heterocycles. The summed E-state index contributed by atoms with van der Waals surface area (Å²) in [5.41, 5.74) is 14.7. The molecule has 3 heterocycles. The topological polar surface area (TPSA) is 9.86 Å². The first kappa shape index (κ1) is 31.8. The van der Waals surface area contributed by atoms with E-state index in [1.165, 1.54) is 109 Å². The first-order chi connectivity index (χ1) is 27.2. The molecule has 0 unspecified atom stereocenters. The Morgan fingerprint density at radius 3 is 1.69 bits per heavy atom. The Morgan fingerprint density at radius 2 is 1.02 bits per heavy atom. The van der Waals surface area contributed by atoms with Crippen LogP contribution in [0.25, 0.3) is 103 Å². The van der Waals surface area contributed by atoms with Crippen LogP contribution >= 0.6 is 11.3 Å². The third-order valence-electron chi connectivity index (χ3n) is 11.4. The summed E-state index contributed by atoms with van der Waals surface area (Å²) in [6.07, 6.45) is 4.41. The van der Waals surface area contributed by atoms with Gasteiger partial charge in [-0.05, 0) is 108 Å². The number of aryl methyl sites for hydroxylation is 1. The fourth-order valence-electron chi connectivity index (χ4n) is 8.88. The van der Waals surface area contributed by atoms with E-state index in [4.69, 9.17) is 0 Å². The molecular weight excluding hydrogens is 685 g/mol. The van der Waals surface area contributed by atoms with Crippen molar-refractivity contribution in [3.63, 3.8) is 0 Å². The Hall–Kier alpha value is -6.68. The molecule has 0 bridgehead atoms. The summed E-state index contributed by atoms with van der Waals surface area (Å²) in [4.78, 5) is 0. The molecule has 0 spiro atoms. The number of nitrogens with zero attached hydrogens (tertiary/aromatic N) is 2. The van der Waals surface area contributed by atoms with Crippen LogP contribution in [0.1, 0.15) is 18.1 Å². The molecule has 8 aromatic carbocycles. The monoisotopic (exact) mass is 720 g/mol. The number of para-hydroxylation sites is 3. The molecule has 3 heteroatoms. The molecule has 0 aliphatic carbocycles. The van der Waals surface area contributed by atoms with Gasteiger partial charge >= 0.3 is 0 Å². The molecule has 260 valence electrons. The smallest absolute Gasteiger partial charge is 0.0541 e. The third kappa shape index (κ3) is 4.87. The minimum atomic E-state index is 1.17. The Balaban J connectivity index is 1.14. The summed E-state index contributed by atoms with van der Waals surface area (Å²) in [5, 5.41) is 7.63. The Morgan fingerprint density at radius 1 is 0.436 bits per heavy atom. The highest BCUT2D eigenvalue weighted by atomic mass is 32.1. The molecule has 3 aromatic heterocycles. The van der Waals surface area contributed by atoms with E-state index in [0.29, 0.717) is 0 Å². The lowest BCUT2D eigenvalue weighted by atomic mass is 9.94. The van der Waals surface area contributed by atoms with Crippen LogP contribution in [0.3, 0.4) is 0 Å². The van der Waals surface area contributed by atoms with Crippen LogP contribution in [0, 0.1) is 6.92 Å². The molecule has 0 aliphatic rings. The number of hydrogen-bond acceptors (Lipinski definition) is 1. The maximum atomic E-state index is 2.48. The molecule has 0 fully saturated rings. The fraction of sp³-hybridized carbons (Fsp3) is 0.0385. The van der Waals surface area contributed by atoms with E-state index in [1.54, 1.807) is 0 Å². The fourth-order valence-corrected chi connectivity index (χ4v) is 10.1. The molecule has 11 rings (SSSR count). The second-order valence-electron chi connectivity index (χ2n) is 14.5. The van der Waals surface area contributed by atoms with Crippen molar-refractivity contribution in [2.24, 2.45) is 0 Å². The molecule has 0 amide bonds. The van der Waals surface area contributed by atoms with Gasteiger partial charge in [-0.25, -0.2) is 0 Å². The van der Waals surface area contributed by atoms with Crippen molar-refractivity contribution in [1.29, 1.82) is 0 Å². The van der Waals surface area contributed by atoms with Gasteiger partial charge in [-0.15, -0.1) is 11.3 Å². The molecule has 0 atom stereocenters. The molecule has 0 radical (unpaired) electrons. The highest BCUT2D eigenvalue weighted by molar-refractivity contribution is 7.26. The number of thiophene rings is 1. The zero-order chi connectivity index (χ0) is 36.6. The molecule has 55 heavy (non-hydrogen) atoms. The van der Waals surface area contributed by atoms with E-state index in [9.17, 15) is 0 Å². The van der Waals surface area contributed by atoms with E-state index in [2.05, 4.69) is 205 Å². The lowest BCUT2D eigenvalue weighted by Gasteiger charge is -2.15. The standard InChI is InChI=1S/C52H36N2S/c1-3-14-38-33(2)15-13-21-39(38)45-31-37(32-46-42-20-9-12-24-51(42)55-52(45)46)54-48-23-11-8-19-41(48)44-30-35(26-28-50(44)54)34-25-27-49-43(29-34)40-18-7-10-22-47(40)53(49)36-16-5-4-6-17-36/h3-32H,1-2H3/b14-3-. The summed E-state index contributed by atoms with van der Waals surface area (Å²) in [7, 11) is 0. The summed E-state index contributed by atoms with van der Waals surface area (Å²) < 4.78 is 7.50. The van der Waals surface area contributed by atoms with Gasteiger partial charge in [-0.1, -0.05) is 115 Å². The van der Waals surface area contributed by atoms with Crippen molar-refractivity contribution >= 4 is 81.2 Å². The quantitative estimate of drug-likeness (QED) is 0.168. The van der Waals surface area contributed by atoms with Crippen LogP contribution in [0.4, 0.5) is 0 Å². The summed E-state index contributed by atoms with van der Waals surface area (Å²) >= 11 is 1.90. The minimum Gasteiger partial charge on any atom is -0.309 e. The minimum absolute atomic E-state index is 1.17. The number of allylic oxidation sites excluding steroid dienone is 1. The lowest BCUT2D eigenvalue weighted by molar-refractivity contribution is 1.18. The largest absolute Gasteiger partial charge is 0.309 e. The molecule has 11 aromatic rings. The van der Waals surface area contributed by atoms with Gasteiger partial charge in [0.1, 0.15) is 0 Å². The van der Waals surface area contributed by atoms with Crippen molar-refractivity contribution < 1.29 is 0 Å². The van der Waals surface area contributed by atoms with Crippen molar-refractivity contribution in [3.8, 4) is 33.6 Å². The molecule has 0 saturated heterocycles. The number of fused-ring (bicyclic) bond motifs is 9. The highest BCUT2D eigenvalue weighted by Crippen LogP contribution is 2.45. The average molecular weight is 721 g/mol. The number of hydrogen-bond donors (Lipinski definition) is 0. The zero-order valence-electron chi connectivity index (χ0n) is 30.6. The van der Waals surface area contributed by atoms with Crippen molar-refractivity contribution in [2.45, 2.75) is 13.8 Å². The van der Waals surface area contributed by atoms with Crippen LogP contribution in [-0.2, 0) is 0 Å². The summed E-state index contributed by atoms with van der Waals surface area (Å²) in [6, 6.07) is 62.7. The number of benzene rings is 8. The van der Waals surface area contributed by atoms with Gasteiger partial charge in [0.05, 0.1) is 22.1 Å². The molecule has 0 N–H and O–H groups in total. The van der Waals surface area contributed by atoms with Gasteiger partial charge in [-0.2, -0.15) is 0 Å². The van der Waals surface area contributed by atoms with Crippen LogP contribution in [0.5, 0.6) is 0 Å². The maximum Gasteiger partial charge on any atom is 0.0541 e. The van der Waals surface area contributed by atoms with Crippen LogP contribution in [0.2, 0.25) is 0 Å². The lowest BCUT2D eigenvalue weighted by Crippen LogP contribution is -1.96. The first-order valence-corrected chi connectivity index (χ1v) is 19.8. The Labute approximate surface area is 323 Å². The SMILES string of the molecule is C/C=C\c1c(C)cccc1-c1cc(-n2c3ccccc3c3cc(-c4ccc5c(c4)c4ccccc4n5-c4ccccc4)ccc32)cc2c1sc1ccccc12. The van der Waals surface area contributed by atoms with Gasteiger partial charge < -0.3 is 9.13 Å². The second-order valence-corrected chi connectivity index (χ2v) is 15.6. The van der Waals surface area contributed by atoms with Crippen molar-refractivity contribution in [3.05, 3.63) is 187 Å². The second kappa shape index (κ2) is 12.4. The molecule has 2 nitrogen and oxygen atoms in total. The van der Waals surface area contributed by atoms with Crippen LogP contribution < -0.4 is 0 Å². The highest BCUT2D eigenvalue weighted by Gasteiger charge is 2.20. The Kier molecular flexibility index (Phi) is 7.20. The summed E-state index contributed by atoms with van der Waals surface area (Å²) in [5.74, 6) is 0.